The van der Waals surface area contributed by atoms with Gasteiger partial charge in [-0.25, -0.2) is 0 Å². The van der Waals surface area contributed by atoms with Gasteiger partial charge in [0.05, 0.1) is 6.61 Å². The Morgan fingerprint density at radius 1 is 1.11 bits per heavy atom. The number of ether oxygens (including phenoxy) is 1. The number of nitrogens with one attached hydrogen (secondary N) is 1. The zero-order valence-electron chi connectivity index (χ0n) is 15.7. The van der Waals surface area contributed by atoms with E-state index in [1.807, 2.05) is 32.9 Å². The summed E-state index contributed by atoms with van der Waals surface area (Å²) < 4.78 is 11.0. The summed E-state index contributed by atoms with van der Waals surface area (Å²) in [6, 6.07) is 12.7. The van der Waals surface area contributed by atoms with E-state index in [0.717, 1.165) is 17.9 Å². The summed E-state index contributed by atoms with van der Waals surface area (Å²) in [6.45, 7) is 6.62. The number of hydrogen-bond donors (Lipinski definition) is 1. The molecule has 0 atom stereocenters. The van der Waals surface area contributed by atoms with Crippen molar-refractivity contribution in [1.82, 2.24) is 10.1 Å². The van der Waals surface area contributed by atoms with Crippen molar-refractivity contribution in [3.8, 4) is 5.75 Å². The molecule has 0 saturated carbocycles. The molecule has 6 nitrogen and oxygen atoms in total. The Bertz CT molecular complexity index is 881. The first kappa shape index (κ1) is 18.6. The molecule has 2 heterocycles. The van der Waals surface area contributed by atoms with Gasteiger partial charge in [-0.15, -0.1) is 0 Å². The van der Waals surface area contributed by atoms with E-state index in [0.29, 0.717) is 18.0 Å². The molecule has 0 aliphatic heterocycles. The summed E-state index contributed by atoms with van der Waals surface area (Å²) in [7, 11) is 0. The number of carbonyl (C=O) groups is 1. The molecule has 140 valence electrons. The minimum Gasteiger partial charge on any atom is -0.493 e. The van der Waals surface area contributed by atoms with E-state index in [-0.39, 0.29) is 11.3 Å². The van der Waals surface area contributed by atoms with Crippen LogP contribution in [0.4, 0.5) is 5.82 Å². The van der Waals surface area contributed by atoms with Gasteiger partial charge in [-0.1, -0.05) is 25.9 Å². The Hall–Kier alpha value is -3.15. The second kappa shape index (κ2) is 8.03. The summed E-state index contributed by atoms with van der Waals surface area (Å²) in [5, 5.41) is 6.64. The lowest BCUT2D eigenvalue weighted by atomic mass is 9.93. The molecule has 1 N–H and O–H groups in total. The highest BCUT2D eigenvalue weighted by molar-refractivity contribution is 6.03. The van der Waals surface area contributed by atoms with E-state index >= 15 is 0 Å². The van der Waals surface area contributed by atoms with Gasteiger partial charge in [-0.05, 0) is 42.0 Å². The maximum absolute atomic E-state index is 12.3. The van der Waals surface area contributed by atoms with Gasteiger partial charge >= 0.3 is 0 Å². The number of aromatic nitrogens is 2. The second-order valence-corrected chi connectivity index (χ2v) is 7.26. The van der Waals surface area contributed by atoms with Gasteiger partial charge in [0.25, 0.3) is 5.91 Å². The fourth-order valence-electron chi connectivity index (χ4n) is 2.41. The van der Waals surface area contributed by atoms with Crippen LogP contribution in [0.15, 0.2) is 59.4 Å². The predicted molar refractivity (Wildman–Crippen MR) is 103 cm³/mol. The van der Waals surface area contributed by atoms with Crippen molar-refractivity contribution in [3.63, 3.8) is 0 Å². The highest BCUT2D eigenvalue weighted by atomic mass is 16.5. The first-order chi connectivity index (χ1) is 12.9. The molecule has 0 bridgehead atoms. The van der Waals surface area contributed by atoms with Gasteiger partial charge < -0.3 is 14.6 Å². The number of benzene rings is 1. The average molecular weight is 365 g/mol. The number of rotatable bonds is 6. The smallest absolute Gasteiger partial charge is 0.256 e. The van der Waals surface area contributed by atoms with Crippen LogP contribution in [0.25, 0.3) is 0 Å². The molecule has 3 aromatic rings. The van der Waals surface area contributed by atoms with Gasteiger partial charge in [-0.2, -0.15) is 0 Å². The molecular formula is C21H23N3O3. The van der Waals surface area contributed by atoms with E-state index in [4.69, 9.17) is 9.26 Å². The lowest BCUT2D eigenvalue weighted by Crippen LogP contribution is -2.12. The molecule has 3 rings (SSSR count). The van der Waals surface area contributed by atoms with E-state index in [1.165, 1.54) is 5.56 Å². The lowest BCUT2D eigenvalue weighted by molar-refractivity contribution is 0.102. The van der Waals surface area contributed by atoms with Crippen LogP contribution in [0.2, 0.25) is 0 Å². The maximum Gasteiger partial charge on any atom is 0.256 e. The van der Waals surface area contributed by atoms with Crippen LogP contribution in [0.1, 0.15) is 42.5 Å². The van der Waals surface area contributed by atoms with Crippen molar-refractivity contribution >= 4 is 11.7 Å². The summed E-state index contributed by atoms with van der Waals surface area (Å²) in [5.41, 5.74) is 1.53. The number of nitrogens with zero attached hydrogens (tertiary/aromatic N) is 2. The Balaban J connectivity index is 1.53. The first-order valence-corrected chi connectivity index (χ1v) is 8.82. The zero-order chi connectivity index (χ0) is 19.3. The molecule has 1 aromatic carbocycles. The van der Waals surface area contributed by atoms with E-state index in [1.54, 1.807) is 42.7 Å². The van der Waals surface area contributed by atoms with Gasteiger partial charge in [0.15, 0.2) is 5.82 Å². The van der Waals surface area contributed by atoms with Crippen molar-refractivity contribution in [2.24, 2.45) is 0 Å². The van der Waals surface area contributed by atoms with Gasteiger partial charge in [0.1, 0.15) is 11.5 Å². The lowest BCUT2D eigenvalue weighted by Gasteiger charge is -2.12. The molecule has 0 radical (unpaired) electrons. The molecule has 0 spiro atoms. The predicted octanol–water partition coefficient (Wildman–Crippen LogP) is 4.24. The fourth-order valence-corrected chi connectivity index (χ4v) is 2.41. The van der Waals surface area contributed by atoms with E-state index in [2.05, 4.69) is 15.5 Å². The van der Waals surface area contributed by atoms with E-state index in [9.17, 15) is 4.79 Å². The fraction of sp³-hybridized carbons (Fsp3) is 0.286. The van der Waals surface area contributed by atoms with Crippen LogP contribution in [-0.2, 0) is 11.8 Å². The van der Waals surface area contributed by atoms with Crippen LogP contribution in [0.3, 0.4) is 0 Å². The van der Waals surface area contributed by atoms with Crippen molar-refractivity contribution < 1.29 is 14.1 Å². The second-order valence-electron chi connectivity index (χ2n) is 7.26. The van der Waals surface area contributed by atoms with Crippen molar-refractivity contribution in [3.05, 3.63) is 71.7 Å². The molecule has 2 aromatic heterocycles. The molecule has 27 heavy (non-hydrogen) atoms. The topological polar surface area (TPSA) is 77.2 Å². The summed E-state index contributed by atoms with van der Waals surface area (Å²) >= 11 is 0. The molecular weight excluding hydrogens is 342 g/mol. The largest absolute Gasteiger partial charge is 0.493 e. The molecule has 0 saturated heterocycles. The number of hydrogen-bond acceptors (Lipinski definition) is 5. The minimum absolute atomic E-state index is 0.161. The highest BCUT2D eigenvalue weighted by Crippen LogP contribution is 2.24. The Labute approximate surface area is 158 Å². The van der Waals surface area contributed by atoms with Crippen molar-refractivity contribution in [2.45, 2.75) is 32.6 Å². The molecule has 0 aliphatic rings. The molecule has 1 amide bonds. The summed E-state index contributed by atoms with van der Waals surface area (Å²) in [5.74, 6) is 1.60. The number of amides is 1. The molecule has 0 unspecified atom stereocenters. The third-order valence-corrected chi connectivity index (χ3v) is 4.02. The SMILES string of the molecule is CC(C)(C)c1cc(NC(=O)c2ccc(OCCc3ccncc3)cc2)no1. The minimum atomic E-state index is -0.243. The maximum atomic E-state index is 12.3. The van der Waals surface area contributed by atoms with Crippen LogP contribution in [-0.4, -0.2) is 22.7 Å². The first-order valence-electron chi connectivity index (χ1n) is 8.82. The van der Waals surface area contributed by atoms with Crippen LogP contribution in [0, 0.1) is 0 Å². The van der Waals surface area contributed by atoms with Gasteiger partial charge in [-0.3, -0.25) is 9.78 Å². The third kappa shape index (κ3) is 5.17. The van der Waals surface area contributed by atoms with Crippen LogP contribution >= 0.6 is 0 Å². The third-order valence-electron chi connectivity index (χ3n) is 4.02. The molecule has 0 fully saturated rings. The number of anilines is 1. The van der Waals surface area contributed by atoms with Crippen LogP contribution < -0.4 is 10.1 Å². The summed E-state index contributed by atoms with van der Waals surface area (Å²) in [4.78, 5) is 16.3. The Kier molecular flexibility index (Phi) is 5.54. The normalized spacial score (nSPS) is 11.2. The van der Waals surface area contributed by atoms with Gasteiger partial charge in [0, 0.05) is 35.9 Å². The quantitative estimate of drug-likeness (QED) is 0.707. The van der Waals surface area contributed by atoms with E-state index < -0.39 is 0 Å². The number of carbonyl (C=O) groups excluding carboxylic acids is 1. The van der Waals surface area contributed by atoms with Gasteiger partial charge in [0.2, 0.25) is 0 Å². The van der Waals surface area contributed by atoms with Crippen molar-refractivity contribution in [2.75, 3.05) is 11.9 Å². The summed E-state index contributed by atoms with van der Waals surface area (Å²) in [6.07, 6.45) is 4.33. The Morgan fingerprint density at radius 3 is 2.44 bits per heavy atom. The standard InChI is InChI=1S/C21H23N3O3/c1-21(2,3)18-14-19(24-27-18)23-20(25)16-4-6-17(7-5-16)26-13-10-15-8-11-22-12-9-15/h4-9,11-12,14H,10,13H2,1-3H3,(H,23,24,25). The monoisotopic (exact) mass is 365 g/mol. The zero-order valence-corrected chi connectivity index (χ0v) is 15.7. The highest BCUT2D eigenvalue weighted by Gasteiger charge is 2.20. The Morgan fingerprint density at radius 2 is 1.81 bits per heavy atom. The van der Waals surface area contributed by atoms with Crippen LogP contribution in [0.5, 0.6) is 5.75 Å². The average Bonchev–Trinajstić information content (AvgIpc) is 3.12. The molecule has 0 aliphatic carbocycles. The number of pyridine rings is 1. The molecule has 6 heteroatoms. The van der Waals surface area contributed by atoms with Crippen molar-refractivity contribution in [1.29, 1.82) is 0 Å².